The van der Waals surface area contributed by atoms with Gasteiger partial charge in [-0.25, -0.2) is 18.2 Å². The predicted octanol–water partition coefficient (Wildman–Crippen LogP) is 4.49. The quantitative estimate of drug-likeness (QED) is 0.502. The first-order chi connectivity index (χ1) is 14.0. The Hall–Kier alpha value is -3.55. The number of aromatic nitrogens is 2. The van der Waals surface area contributed by atoms with Gasteiger partial charge in [-0.3, -0.25) is 4.79 Å². The highest BCUT2D eigenvalue weighted by atomic mass is 19.1. The summed E-state index contributed by atoms with van der Waals surface area (Å²) in [5.41, 5.74) is 2.45. The smallest absolute Gasteiger partial charge is 0.220 e. The van der Waals surface area contributed by atoms with Gasteiger partial charge < -0.3 is 14.7 Å². The number of rotatable bonds is 6. The second kappa shape index (κ2) is 7.83. The summed E-state index contributed by atoms with van der Waals surface area (Å²) in [6, 6.07) is 7.68. The predicted molar refractivity (Wildman–Crippen MR) is 100 cm³/mol. The van der Waals surface area contributed by atoms with Crippen LogP contribution in [0.15, 0.2) is 53.5 Å². The molecule has 4 aromatic rings. The first-order valence-electron chi connectivity index (χ1n) is 8.90. The van der Waals surface area contributed by atoms with Gasteiger partial charge in [-0.05, 0) is 47.9 Å². The van der Waals surface area contributed by atoms with E-state index in [1.165, 1.54) is 30.9 Å². The Kier molecular flexibility index (Phi) is 5.07. The van der Waals surface area contributed by atoms with Crippen LogP contribution in [0.1, 0.15) is 17.7 Å². The van der Waals surface area contributed by atoms with Gasteiger partial charge in [0.15, 0.2) is 6.39 Å². The van der Waals surface area contributed by atoms with E-state index < -0.39 is 17.5 Å². The van der Waals surface area contributed by atoms with E-state index >= 15 is 0 Å². The van der Waals surface area contributed by atoms with Gasteiger partial charge in [0.1, 0.15) is 23.7 Å². The van der Waals surface area contributed by atoms with Crippen LogP contribution >= 0.6 is 0 Å². The van der Waals surface area contributed by atoms with Crippen molar-refractivity contribution in [2.45, 2.75) is 19.4 Å². The van der Waals surface area contributed by atoms with Crippen molar-refractivity contribution in [1.82, 2.24) is 15.3 Å². The number of fused-ring (bicyclic) bond motifs is 1. The Morgan fingerprint density at radius 3 is 2.62 bits per heavy atom. The number of nitrogens with one attached hydrogen (secondary N) is 2. The zero-order chi connectivity index (χ0) is 20.4. The molecule has 0 saturated carbocycles. The van der Waals surface area contributed by atoms with Crippen LogP contribution in [0, 0.1) is 17.5 Å². The minimum Gasteiger partial charge on any atom is -0.451 e. The summed E-state index contributed by atoms with van der Waals surface area (Å²) in [6.07, 6.45) is 3.03. The summed E-state index contributed by atoms with van der Waals surface area (Å²) in [5, 5.41) is 3.07. The number of halogens is 3. The van der Waals surface area contributed by atoms with Gasteiger partial charge in [-0.2, -0.15) is 0 Å². The summed E-state index contributed by atoms with van der Waals surface area (Å²) in [6.45, 7) is 0.220. The van der Waals surface area contributed by atoms with Gasteiger partial charge in [-0.15, -0.1) is 0 Å². The molecule has 2 aromatic heterocycles. The van der Waals surface area contributed by atoms with Crippen LogP contribution in [0.2, 0.25) is 0 Å². The summed E-state index contributed by atoms with van der Waals surface area (Å²) in [7, 11) is 0. The molecule has 0 aliphatic rings. The number of nitrogens with zero attached hydrogens (tertiary/aromatic N) is 1. The monoisotopic (exact) mass is 399 g/mol. The average Bonchev–Trinajstić information content (AvgIpc) is 3.33. The molecule has 5 nitrogen and oxygen atoms in total. The molecule has 2 aromatic carbocycles. The highest BCUT2D eigenvalue weighted by Gasteiger charge is 2.18. The number of hydrogen-bond donors (Lipinski definition) is 2. The number of carbonyl (C=O) groups is 1. The fourth-order valence-corrected chi connectivity index (χ4v) is 3.24. The third-order valence-electron chi connectivity index (χ3n) is 4.62. The maximum Gasteiger partial charge on any atom is 0.220 e. The molecule has 1 amide bonds. The number of hydrogen-bond acceptors (Lipinski definition) is 3. The van der Waals surface area contributed by atoms with Crippen molar-refractivity contribution in [3.05, 3.63) is 77.8 Å². The van der Waals surface area contributed by atoms with Gasteiger partial charge >= 0.3 is 0 Å². The zero-order valence-electron chi connectivity index (χ0n) is 15.1. The Bertz CT molecular complexity index is 1150. The molecule has 2 N–H and O–H groups in total. The standard InChI is InChI=1S/C21H16F3N3O2/c22-13-3-1-12(2-4-13)20-16(17-7-14(23)8-18(24)21(17)27-20)5-6-19(28)25-9-15-10-29-11-26-15/h1-4,7-8,10-11,27H,5-6,9H2,(H,25,28). The lowest BCUT2D eigenvalue weighted by Gasteiger charge is -2.07. The normalized spacial score (nSPS) is 11.1. The molecule has 0 fully saturated rings. The van der Waals surface area contributed by atoms with E-state index in [-0.39, 0.29) is 30.8 Å². The molecule has 0 bridgehead atoms. The van der Waals surface area contributed by atoms with Crippen LogP contribution < -0.4 is 5.32 Å². The summed E-state index contributed by atoms with van der Waals surface area (Å²) in [4.78, 5) is 19.1. The molecule has 4 rings (SSSR count). The summed E-state index contributed by atoms with van der Waals surface area (Å²) >= 11 is 0. The molecule has 2 heterocycles. The first kappa shape index (κ1) is 18.8. The number of oxazole rings is 1. The number of benzene rings is 2. The zero-order valence-corrected chi connectivity index (χ0v) is 15.1. The van der Waals surface area contributed by atoms with E-state index in [1.54, 1.807) is 12.1 Å². The van der Waals surface area contributed by atoms with Crippen molar-refractivity contribution in [3.8, 4) is 11.3 Å². The molecule has 0 unspecified atom stereocenters. The minimum atomic E-state index is -0.731. The summed E-state index contributed by atoms with van der Waals surface area (Å²) < 4.78 is 46.2. The van der Waals surface area contributed by atoms with Crippen LogP contribution in [-0.2, 0) is 17.8 Å². The van der Waals surface area contributed by atoms with Crippen molar-refractivity contribution in [2.24, 2.45) is 0 Å². The number of aromatic amines is 1. The van der Waals surface area contributed by atoms with Crippen LogP contribution in [-0.4, -0.2) is 15.9 Å². The second-order valence-electron chi connectivity index (χ2n) is 6.55. The third kappa shape index (κ3) is 4.01. The molecule has 0 saturated heterocycles. The molecule has 0 aliphatic carbocycles. The fourth-order valence-electron chi connectivity index (χ4n) is 3.24. The van der Waals surface area contributed by atoms with Crippen molar-refractivity contribution in [2.75, 3.05) is 0 Å². The molecule has 0 spiro atoms. The molecule has 0 atom stereocenters. The van der Waals surface area contributed by atoms with Gasteiger partial charge in [0, 0.05) is 23.6 Å². The molecule has 0 aliphatic heterocycles. The topological polar surface area (TPSA) is 70.9 Å². The minimum absolute atomic E-state index is 0.0944. The van der Waals surface area contributed by atoms with Gasteiger partial charge in [0.05, 0.1) is 17.8 Å². The van der Waals surface area contributed by atoms with E-state index in [0.29, 0.717) is 27.9 Å². The molecular weight excluding hydrogens is 383 g/mol. The highest BCUT2D eigenvalue weighted by Crippen LogP contribution is 2.33. The number of aryl methyl sites for hydroxylation is 1. The Labute approximate surface area is 163 Å². The van der Waals surface area contributed by atoms with Crippen LogP contribution in [0.4, 0.5) is 13.2 Å². The maximum absolute atomic E-state index is 14.3. The van der Waals surface area contributed by atoms with E-state index in [4.69, 9.17) is 4.42 Å². The molecule has 8 heteroatoms. The maximum atomic E-state index is 14.3. The van der Waals surface area contributed by atoms with Gasteiger partial charge in [-0.1, -0.05) is 0 Å². The highest BCUT2D eigenvalue weighted by molar-refractivity contribution is 5.92. The molecule has 148 valence electrons. The largest absolute Gasteiger partial charge is 0.451 e. The van der Waals surface area contributed by atoms with E-state index in [1.807, 2.05) is 0 Å². The van der Waals surface area contributed by atoms with Crippen molar-refractivity contribution in [3.63, 3.8) is 0 Å². The Balaban J connectivity index is 1.63. The van der Waals surface area contributed by atoms with Crippen LogP contribution in [0.5, 0.6) is 0 Å². The van der Waals surface area contributed by atoms with Crippen molar-refractivity contribution >= 4 is 16.8 Å². The molecule has 0 radical (unpaired) electrons. The first-order valence-corrected chi connectivity index (χ1v) is 8.90. The summed E-state index contributed by atoms with van der Waals surface area (Å²) in [5.74, 6) is -2.10. The van der Waals surface area contributed by atoms with Crippen LogP contribution in [0.3, 0.4) is 0 Å². The van der Waals surface area contributed by atoms with Crippen molar-refractivity contribution < 1.29 is 22.4 Å². The van der Waals surface area contributed by atoms with E-state index in [0.717, 1.165) is 6.07 Å². The number of carbonyl (C=O) groups excluding carboxylic acids is 1. The second-order valence-corrected chi connectivity index (χ2v) is 6.55. The lowest BCUT2D eigenvalue weighted by Crippen LogP contribution is -2.23. The molecule has 29 heavy (non-hydrogen) atoms. The fraction of sp³-hybridized carbons (Fsp3) is 0.143. The molecular formula is C21H16F3N3O2. The lowest BCUT2D eigenvalue weighted by molar-refractivity contribution is -0.121. The van der Waals surface area contributed by atoms with Gasteiger partial charge in [0.25, 0.3) is 0 Å². The van der Waals surface area contributed by atoms with E-state index in [9.17, 15) is 18.0 Å². The lowest BCUT2D eigenvalue weighted by atomic mass is 10.0. The Morgan fingerprint density at radius 2 is 1.90 bits per heavy atom. The van der Waals surface area contributed by atoms with Gasteiger partial charge in [0.2, 0.25) is 5.91 Å². The Morgan fingerprint density at radius 1 is 1.10 bits per heavy atom. The average molecular weight is 399 g/mol. The number of H-pyrrole nitrogens is 1. The SMILES string of the molecule is O=C(CCc1c(-c2ccc(F)cc2)[nH]c2c(F)cc(F)cc12)NCc1cocn1. The third-order valence-corrected chi connectivity index (χ3v) is 4.62. The number of amides is 1. The van der Waals surface area contributed by atoms with E-state index in [2.05, 4.69) is 15.3 Å². The van der Waals surface area contributed by atoms with Crippen molar-refractivity contribution in [1.29, 1.82) is 0 Å². The van der Waals surface area contributed by atoms with Crippen LogP contribution in [0.25, 0.3) is 22.2 Å².